The fourth-order valence-electron chi connectivity index (χ4n) is 2.75. The predicted octanol–water partition coefficient (Wildman–Crippen LogP) is 1.12. The van der Waals surface area contributed by atoms with E-state index in [1.165, 1.54) is 12.8 Å². The molecule has 0 atom stereocenters. The summed E-state index contributed by atoms with van der Waals surface area (Å²) in [6.07, 6.45) is 11.8. The monoisotopic (exact) mass is 246 g/mol. The van der Waals surface area contributed by atoms with Crippen LogP contribution in [-0.2, 0) is 6.54 Å². The molecule has 0 spiro atoms. The lowest BCUT2D eigenvalue weighted by atomic mass is 9.99. The van der Waals surface area contributed by atoms with Crippen molar-refractivity contribution in [2.75, 3.05) is 6.61 Å². The van der Waals surface area contributed by atoms with Crippen LogP contribution in [0.5, 0.6) is 0 Å². The smallest absolute Gasteiger partial charge is 0.155 e. The maximum absolute atomic E-state index is 9.56. The number of hydrogen-bond donors (Lipinski definition) is 2. The van der Waals surface area contributed by atoms with Gasteiger partial charge >= 0.3 is 0 Å². The van der Waals surface area contributed by atoms with Gasteiger partial charge in [-0.2, -0.15) is 0 Å². The van der Waals surface area contributed by atoms with Gasteiger partial charge in [-0.3, -0.25) is 9.38 Å². The van der Waals surface area contributed by atoms with Crippen molar-refractivity contribution >= 4 is 5.65 Å². The average molecular weight is 246 g/mol. The van der Waals surface area contributed by atoms with Crippen molar-refractivity contribution in [1.29, 1.82) is 0 Å². The van der Waals surface area contributed by atoms with Crippen molar-refractivity contribution in [1.82, 2.24) is 19.7 Å². The van der Waals surface area contributed by atoms with Crippen molar-refractivity contribution in [3.05, 3.63) is 30.5 Å². The molecular weight excluding hydrogens is 228 g/mol. The summed E-state index contributed by atoms with van der Waals surface area (Å²) in [4.78, 5) is 8.36. The Kier molecular flexibility index (Phi) is 3.01. The number of aromatic nitrogens is 3. The standard InChI is InChI=1S/C13H18N4O/c18-10-13(3-1-2-4-13)16-8-11-7-15-12-9-14-5-6-17(11)12/h5-7,9,16,18H,1-4,8,10H2. The van der Waals surface area contributed by atoms with E-state index in [1.807, 2.05) is 16.8 Å². The van der Waals surface area contributed by atoms with Crippen LogP contribution >= 0.6 is 0 Å². The summed E-state index contributed by atoms with van der Waals surface area (Å²) in [6.45, 7) is 0.941. The van der Waals surface area contributed by atoms with E-state index in [9.17, 15) is 5.11 Å². The fraction of sp³-hybridized carbons (Fsp3) is 0.538. The Labute approximate surface area is 106 Å². The second-order valence-corrected chi connectivity index (χ2v) is 5.05. The molecule has 0 radical (unpaired) electrons. The molecule has 1 fully saturated rings. The van der Waals surface area contributed by atoms with Crippen molar-refractivity contribution in [2.45, 2.75) is 37.8 Å². The molecule has 1 aliphatic rings. The van der Waals surface area contributed by atoms with Gasteiger partial charge in [0.1, 0.15) is 0 Å². The number of rotatable bonds is 4. The Morgan fingerprint density at radius 2 is 2.17 bits per heavy atom. The molecule has 1 saturated carbocycles. The van der Waals surface area contributed by atoms with Gasteiger partial charge < -0.3 is 10.4 Å². The maximum Gasteiger partial charge on any atom is 0.155 e. The molecule has 2 aromatic heterocycles. The van der Waals surface area contributed by atoms with Crippen LogP contribution in [-0.4, -0.2) is 31.6 Å². The summed E-state index contributed by atoms with van der Waals surface area (Å²) < 4.78 is 2.03. The molecule has 96 valence electrons. The summed E-state index contributed by atoms with van der Waals surface area (Å²) in [5, 5.41) is 13.1. The summed E-state index contributed by atoms with van der Waals surface area (Å²) >= 11 is 0. The number of fused-ring (bicyclic) bond motifs is 1. The molecule has 3 rings (SSSR count). The van der Waals surface area contributed by atoms with E-state index in [4.69, 9.17) is 0 Å². The number of aliphatic hydroxyl groups excluding tert-OH is 1. The van der Waals surface area contributed by atoms with Crippen LogP contribution in [0.3, 0.4) is 0 Å². The van der Waals surface area contributed by atoms with Crippen molar-refractivity contribution in [2.24, 2.45) is 0 Å². The molecule has 18 heavy (non-hydrogen) atoms. The van der Waals surface area contributed by atoms with E-state index >= 15 is 0 Å². The Morgan fingerprint density at radius 3 is 2.94 bits per heavy atom. The highest BCUT2D eigenvalue weighted by Crippen LogP contribution is 2.29. The van der Waals surface area contributed by atoms with Gasteiger partial charge in [-0.1, -0.05) is 12.8 Å². The third-order valence-electron chi connectivity index (χ3n) is 3.90. The molecule has 2 heterocycles. The minimum atomic E-state index is -0.0861. The molecule has 0 bridgehead atoms. The van der Waals surface area contributed by atoms with Crippen LogP contribution in [0.2, 0.25) is 0 Å². The van der Waals surface area contributed by atoms with Gasteiger partial charge in [-0.25, -0.2) is 4.98 Å². The van der Waals surface area contributed by atoms with Gasteiger partial charge in [-0.15, -0.1) is 0 Å². The number of nitrogens with zero attached hydrogens (tertiary/aromatic N) is 3. The Morgan fingerprint density at radius 1 is 1.33 bits per heavy atom. The van der Waals surface area contributed by atoms with Crippen LogP contribution in [0.25, 0.3) is 5.65 Å². The molecule has 1 aliphatic carbocycles. The first-order chi connectivity index (χ1) is 8.83. The first-order valence-electron chi connectivity index (χ1n) is 6.45. The van der Waals surface area contributed by atoms with E-state index in [0.29, 0.717) is 0 Å². The second-order valence-electron chi connectivity index (χ2n) is 5.05. The quantitative estimate of drug-likeness (QED) is 0.848. The number of aliphatic hydroxyl groups is 1. The molecule has 0 saturated heterocycles. The Hall–Kier alpha value is -1.46. The molecule has 2 aromatic rings. The topological polar surface area (TPSA) is 62.5 Å². The van der Waals surface area contributed by atoms with Crippen molar-refractivity contribution in [3.8, 4) is 0 Å². The molecule has 2 N–H and O–H groups in total. The van der Waals surface area contributed by atoms with Crippen LogP contribution in [0.15, 0.2) is 24.8 Å². The summed E-state index contributed by atoms with van der Waals surface area (Å²) in [6, 6.07) is 0. The number of imidazole rings is 1. The van der Waals surface area contributed by atoms with E-state index < -0.39 is 0 Å². The van der Waals surface area contributed by atoms with Crippen molar-refractivity contribution < 1.29 is 5.11 Å². The summed E-state index contributed by atoms with van der Waals surface area (Å²) in [7, 11) is 0. The molecular formula is C13H18N4O. The molecule has 5 heteroatoms. The lowest BCUT2D eigenvalue weighted by molar-refractivity contribution is 0.162. The second kappa shape index (κ2) is 4.66. The lowest BCUT2D eigenvalue weighted by Crippen LogP contribution is -2.45. The van der Waals surface area contributed by atoms with Gasteiger partial charge in [-0.05, 0) is 12.8 Å². The first kappa shape index (κ1) is 11.6. The van der Waals surface area contributed by atoms with Crippen molar-refractivity contribution in [3.63, 3.8) is 0 Å². The third-order valence-corrected chi connectivity index (χ3v) is 3.90. The van der Waals surface area contributed by atoms with Crippen LogP contribution < -0.4 is 5.32 Å². The van der Waals surface area contributed by atoms with E-state index in [1.54, 1.807) is 12.4 Å². The highest BCUT2D eigenvalue weighted by molar-refractivity contribution is 5.36. The van der Waals surface area contributed by atoms with E-state index in [2.05, 4.69) is 15.3 Å². The van der Waals surface area contributed by atoms with E-state index in [-0.39, 0.29) is 12.1 Å². The van der Waals surface area contributed by atoms with Crippen LogP contribution in [0.4, 0.5) is 0 Å². The van der Waals surface area contributed by atoms with Crippen LogP contribution in [0.1, 0.15) is 31.4 Å². The zero-order chi connectivity index (χ0) is 12.4. The normalized spacial score (nSPS) is 18.5. The Bertz CT molecular complexity index is 531. The number of hydrogen-bond acceptors (Lipinski definition) is 4. The van der Waals surface area contributed by atoms with Crippen LogP contribution in [0, 0.1) is 0 Å². The predicted molar refractivity (Wildman–Crippen MR) is 68.1 cm³/mol. The lowest BCUT2D eigenvalue weighted by Gasteiger charge is -2.27. The van der Waals surface area contributed by atoms with Gasteiger partial charge in [0.15, 0.2) is 5.65 Å². The first-order valence-corrected chi connectivity index (χ1v) is 6.45. The van der Waals surface area contributed by atoms with Gasteiger partial charge in [0.05, 0.1) is 24.7 Å². The third kappa shape index (κ3) is 2.00. The summed E-state index contributed by atoms with van der Waals surface area (Å²) in [5.41, 5.74) is 1.88. The Balaban J connectivity index is 1.76. The highest BCUT2D eigenvalue weighted by Gasteiger charge is 2.32. The zero-order valence-corrected chi connectivity index (χ0v) is 10.3. The molecule has 0 aromatic carbocycles. The molecule has 5 nitrogen and oxygen atoms in total. The van der Waals surface area contributed by atoms with Gasteiger partial charge in [0.25, 0.3) is 0 Å². The van der Waals surface area contributed by atoms with Gasteiger partial charge in [0.2, 0.25) is 0 Å². The zero-order valence-electron chi connectivity index (χ0n) is 10.3. The summed E-state index contributed by atoms with van der Waals surface area (Å²) in [5.74, 6) is 0. The largest absolute Gasteiger partial charge is 0.394 e. The SMILES string of the molecule is OCC1(NCc2cnc3cnccn23)CCCC1. The average Bonchev–Trinajstić information content (AvgIpc) is 3.04. The molecule has 0 amide bonds. The minimum Gasteiger partial charge on any atom is -0.394 e. The number of nitrogens with one attached hydrogen (secondary N) is 1. The fourth-order valence-corrected chi connectivity index (χ4v) is 2.75. The minimum absolute atomic E-state index is 0.0861. The molecule has 0 unspecified atom stereocenters. The molecule has 0 aliphatic heterocycles. The maximum atomic E-state index is 9.56. The highest BCUT2D eigenvalue weighted by atomic mass is 16.3. The van der Waals surface area contributed by atoms with Gasteiger partial charge in [0, 0.05) is 24.5 Å². The van der Waals surface area contributed by atoms with E-state index in [0.717, 1.165) is 30.7 Å².